The molecule has 1 amide bonds. The molecule has 1 atom stereocenters. The Hall–Kier alpha value is -2.95. The van der Waals surface area contributed by atoms with E-state index in [1.54, 1.807) is 24.8 Å². The fourth-order valence-corrected chi connectivity index (χ4v) is 3.44. The summed E-state index contributed by atoms with van der Waals surface area (Å²) >= 11 is 0. The van der Waals surface area contributed by atoms with Crippen LogP contribution in [0.1, 0.15) is 19.1 Å². The summed E-state index contributed by atoms with van der Waals surface area (Å²) in [7, 11) is -3.47. The third kappa shape index (κ3) is 4.42. The molecule has 10 nitrogen and oxygen atoms in total. The molecule has 144 valence electrons. The molecule has 0 bridgehead atoms. The van der Waals surface area contributed by atoms with Crippen LogP contribution in [0.4, 0.5) is 5.82 Å². The zero-order valence-corrected chi connectivity index (χ0v) is 15.5. The number of aromatic nitrogens is 1. The fourth-order valence-electron chi connectivity index (χ4n) is 2.47. The lowest BCUT2D eigenvalue weighted by molar-refractivity contribution is -0.150. The van der Waals surface area contributed by atoms with Crippen molar-refractivity contribution in [2.24, 2.45) is 4.40 Å². The maximum absolute atomic E-state index is 12.4. The quantitative estimate of drug-likeness (QED) is 0.724. The van der Waals surface area contributed by atoms with Crippen LogP contribution in [0.5, 0.6) is 0 Å². The number of nitrogens with one attached hydrogen (secondary N) is 1. The maximum Gasteiger partial charge on any atom is 0.340 e. The first kappa shape index (κ1) is 18.8. The van der Waals surface area contributed by atoms with Gasteiger partial charge in [-0.25, -0.2) is 13.2 Å². The molecule has 0 aromatic carbocycles. The van der Waals surface area contributed by atoms with Gasteiger partial charge in [0.05, 0.1) is 11.3 Å². The summed E-state index contributed by atoms with van der Waals surface area (Å²) < 4.78 is 36.8. The number of amidine groups is 1. The van der Waals surface area contributed by atoms with Gasteiger partial charge in [0.25, 0.3) is 15.9 Å². The van der Waals surface area contributed by atoms with E-state index in [9.17, 15) is 18.0 Å². The number of esters is 1. The van der Waals surface area contributed by atoms with Crippen molar-refractivity contribution in [2.45, 2.75) is 26.4 Å². The molecule has 0 saturated heterocycles. The number of hydrogen-bond acceptors (Lipinski definition) is 8. The number of aryl methyl sites for hydroxylation is 1. The van der Waals surface area contributed by atoms with Gasteiger partial charge in [0.1, 0.15) is 11.6 Å². The number of nitrogens with zero attached hydrogens (tertiary/aromatic N) is 3. The minimum absolute atomic E-state index is 0.139. The number of carbonyl (C=O) groups is 2. The molecular weight excluding hydrogens is 376 g/mol. The first-order valence-electron chi connectivity index (χ1n) is 8.22. The van der Waals surface area contributed by atoms with E-state index in [-0.39, 0.29) is 35.9 Å². The summed E-state index contributed by atoms with van der Waals surface area (Å²) in [4.78, 5) is 26.2. The third-order valence-electron chi connectivity index (χ3n) is 3.85. The SMILES string of the molecule is CC[C@@H](OC(=O)C1=CN2CCS(=O)(=O)N=C2C=C1)C(=O)Nc1cc(C)on1. The lowest BCUT2D eigenvalue weighted by Crippen LogP contribution is -2.38. The number of sulfonamides is 1. The molecule has 0 fully saturated rings. The van der Waals surface area contributed by atoms with Crippen LogP contribution in [0.25, 0.3) is 0 Å². The average Bonchev–Trinajstić information content (AvgIpc) is 3.02. The van der Waals surface area contributed by atoms with Gasteiger partial charge in [-0.2, -0.15) is 0 Å². The van der Waals surface area contributed by atoms with E-state index in [0.29, 0.717) is 5.76 Å². The molecule has 0 saturated carbocycles. The van der Waals surface area contributed by atoms with Crippen molar-refractivity contribution >= 4 is 33.6 Å². The Morgan fingerprint density at radius 2 is 2.19 bits per heavy atom. The molecule has 3 heterocycles. The van der Waals surface area contributed by atoms with Crippen molar-refractivity contribution in [3.05, 3.63) is 35.8 Å². The van der Waals surface area contributed by atoms with E-state index in [0.717, 1.165) is 0 Å². The van der Waals surface area contributed by atoms with Gasteiger partial charge < -0.3 is 19.5 Å². The number of fused-ring (bicyclic) bond motifs is 1. The van der Waals surface area contributed by atoms with Crippen LogP contribution in [-0.2, 0) is 24.3 Å². The minimum atomic E-state index is -3.47. The molecule has 0 aliphatic carbocycles. The van der Waals surface area contributed by atoms with Crippen LogP contribution in [0.3, 0.4) is 0 Å². The Morgan fingerprint density at radius 3 is 2.85 bits per heavy atom. The van der Waals surface area contributed by atoms with Gasteiger partial charge in [-0.15, -0.1) is 4.40 Å². The Bertz CT molecular complexity index is 959. The lowest BCUT2D eigenvalue weighted by Gasteiger charge is -2.27. The summed E-state index contributed by atoms with van der Waals surface area (Å²) in [6.45, 7) is 3.58. The Kier molecular flexibility index (Phi) is 5.13. The highest BCUT2D eigenvalue weighted by Crippen LogP contribution is 2.18. The normalized spacial score (nSPS) is 18.8. The first-order valence-corrected chi connectivity index (χ1v) is 9.82. The Balaban J connectivity index is 1.66. The van der Waals surface area contributed by atoms with Crippen molar-refractivity contribution in [2.75, 3.05) is 17.6 Å². The predicted molar refractivity (Wildman–Crippen MR) is 95.2 cm³/mol. The number of carbonyl (C=O) groups excluding carboxylic acids is 2. The second-order valence-electron chi connectivity index (χ2n) is 5.96. The summed E-state index contributed by atoms with van der Waals surface area (Å²) in [5.74, 6) is -0.347. The Morgan fingerprint density at radius 1 is 1.41 bits per heavy atom. The van der Waals surface area contributed by atoms with Gasteiger partial charge in [-0.3, -0.25) is 4.79 Å². The summed E-state index contributed by atoms with van der Waals surface area (Å²) in [6.07, 6.45) is 3.54. The van der Waals surface area contributed by atoms with E-state index in [1.807, 2.05) is 0 Å². The molecule has 0 unspecified atom stereocenters. The number of anilines is 1. The van der Waals surface area contributed by atoms with Gasteiger partial charge in [0.2, 0.25) is 0 Å². The smallest absolute Gasteiger partial charge is 0.340 e. The highest BCUT2D eigenvalue weighted by atomic mass is 32.2. The van der Waals surface area contributed by atoms with Crippen LogP contribution in [-0.4, -0.2) is 54.6 Å². The second kappa shape index (κ2) is 7.35. The molecule has 3 rings (SSSR count). The van der Waals surface area contributed by atoms with Gasteiger partial charge >= 0.3 is 5.97 Å². The molecule has 11 heteroatoms. The van der Waals surface area contributed by atoms with Crippen LogP contribution < -0.4 is 5.32 Å². The second-order valence-corrected chi connectivity index (χ2v) is 7.72. The van der Waals surface area contributed by atoms with Gasteiger partial charge in [-0.1, -0.05) is 12.1 Å². The van der Waals surface area contributed by atoms with Gasteiger partial charge in [0.15, 0.2) is 11.9 Å². The molecule has 0 spiro atoms. The molecule has 1 N–H and O–H groups in total. The maximum atomic E-state index is 12.4. The zero-order valence-electron chi connectivity index (χ0n) is 14.7. The fraction of sp³-hybridized carbons (Fsp3) is 0.375. The summed E-state index contributed by atoms with van der Waals surface area (Å²) in [6, 6.07) is 1.55. The number of amides is 1. The molecule has 1 aromatic heterocycles. The number of rotatable bonds is 5. The van der Waals surface area contributed by atoms with E-state index in [1.165, 1.54) is 18.4 Å². The highest BCUT2D eigenvalue weighted by molar-refractivity contribution is 7.90. The van der Waals surface area contributed by atoms with Crippen molar-refractivity contribution in [1.82, 2.24) is 10.1 Å². The average molecular weight is 394 g/mol. The third-order valence-corrected chi connectivity index (χ3v) is 5.02. The number of hydrogen-bond donors (Lipinski definition) is 1. The van der Waals surface area contributed by atoms with E-state index >= 15 is 0 Å². The predicted octanol–water partition coefficient (Wildman–Crippen LogP) is 0.741. The molecular formula is C16H18N4O6S. The van der Waals surface area contributed by atoms with Crippen molar-refractivity contribution in [3.63, 3.8) is 0 Å². The van der Waals surface area contributed by atoms with Crippen LogP contribution in [0, 0.1) is 6.92 Å². The van der Waals surface area contributed by atoms with Crippen LogP contribution >= 0.6 is 0 Å². The first-order chi connectivity index (χ1) is 12.8. The van der Waals surface area contributed by atoms with E-state index < -0.39 is 28.0 Å². The van der Waals surface area contributed by atoms with Crippen molar-refractivity contribution in [1.29, 1.82) is 0 Å². The van der Waals surface area contributed by atoms with Gasteiger partial charge in [0, 0.05) is 18.8 Å². The monoisotopic (exact) mass is 394 g/mol. The molecule has 2 aliphatic heterocycles. The molecule has 2 aliphatic rings. The van der Waals surface area contributed by atoms with Crippen molar-refractivity contribution < 1.29 is 27.3 Å². The zero-order chi connectivity index (χ0) is 19.6. The highest BCUT2D eigenvalue weighted by Gasteiger charge is 2.28. The minimum Gasteiger partial charge on any atom is -0.449 e. The van der Waals surface area contributed by atoms with E-state index in [2.05, 4.69) is 14.9 Å². The standard InChI is InChI=1S/C16H18N4O6S/c1-3-12(15(21)17-13-8-10(2)26-18-13)25-16(22)11-4-5-14-19-27(23,24)7-6-20(14)9-11/h4-5,8-9,12H,3,6-7H2,1-2H3,(H,17,18,21)/t12-/m1/s1. The lowest BCUT2D eigenvalue weighted by atomic mass is 10.2. The van der Waals surface area contributed by atoms with Crippen LogP contribution in [0.2, 0.25) is 0 Å². The number of ether oxygens (including phenoxy) is 1. The molecule has 0 radical (unpaired) electrons. The summed E-state index contributed by atoms with van der Waals surface area (Å²) in [5.41, 5.74) is 0.191. The molecule has 27 heavy (non-hydrogen) atoms. The van der Waals surface area contributed by atoms with E-state index in [4.69, 9.17) is 9.26 Å². The Labute approximate surface area is 155 Å². The van der Waals surface area contributed by atoms with Gasteiger partial charge in [-0.05, 0) is 25.5 Å². The van der Waals surface area contributed by atoms with Crippen LogP contribution in [0.15, 0.2) is 38.9 Å². The van der Waals surface area contributed by atoms with Crippen molar-refractivity contribution in [3.8, 4) is 0 Å². The largest absolute Gasteiger partial charge is 0.449 e. The topological polar surface area (TPSA) is 131 Å². The molecule has 1 aromatic rings. The summed E-state index contributed by atoms with van der Waals surface area (Å²) in [5, 5.41) is 6.18.